The van der Waals surface area contributed by atoms with Crippen LogP contribution in [0.1, 0.15) is 42.6 Å². The van der Waals surface area contributed by atoms with Crippen molar-refractivity contribution in [3.8, 4) is 5.75 Å². The smallest absolute Gasteiger partial charge is 0.289 e. The Bertz CT molecular complexity index is 794. The van der Waals surface area contributed by atoms with E-state index in [-0.39, 0.29) is 5.91 Å². The first-order valence-corrected chi connectivity index (χ1v) is 10.5. The van der Waals surface area contributed by atoms with Gasteiger partial charge in [0.2, 0.25) is 0 Å². The monoisotopic (exact) mass is 399 g/mol. The Labute approximate surface area is 174 Å². The summed E-state index contributed by atoms with van der Waals surface area (Å²) in [5, 5.41) is 0. The first-order valence-electron chi connectivity index (χ1n) is 10.5. The number of likely N-dealkylation sites (N-methyl/N-ethyl adjacent to an activating group) is 1. The number of furan rings is 1. The van der Waals surface area contributed by atoms with E-state index >= 15 is 0 Å². The van der Waals surface area contributed by atoms with Gasteiger partial charge in [0, 0.05) is 38.8 Å². The predicted molar refractivity (Wildman–Crippen MR) is 114 cm³/mol. The number of amides is 1. The number of carbonyl (C=O) groups is 1. The Morgan fingerprint density at radius 2 is 1.90 bits per heavy atom. The highest BCUT2D eigenvalue weighted by Crippen LogP contribution is 2.19. The second kappa shape index (κ2) is 9.94. The maximum atomic E-state index is 12.8. The Balaban J connectivity index is 1.63. The minimum Gasteiger partial charge on any atom is -0.497 e. The van der Waals surface area contributed by atoms with Gasteiger partial charge in [-0.15, -0.1) is 0 Å². The van der Waals surface area contributed by atoms with Crippen LogP contribution >= 0.6 is 0 Å². The van der Waals surface area contributed by atoms with E-state index in [2.05, 4.69) is 42.7 Å². The van der Waals surface area contributed by atoms with Gasteiger partial charge in [0.05, 0.1) is 13.7 Å². The SMILES string of the molecule is CCN1CCN(C(=O)c2ccc(CN(Cc3cccc(OC)c3)C(C)C)o2)CC1. The highest BCUT2D eigenvalue weighted by Gasteiger charge is 2.24. The Hall–Kier alpha value is -2.31. The van der Waals surface area contributed by atoms with Crippen LogP contribution in [0.4, 0.5) is 0 Å². The van der Waals surface area contributed by atoms with Crippen LogP contribution in [0.25, 0.3) is 0 Å². The molecule has 1 aliphatic rings. The van der Waals surface area contributed by atoms with Gasteiger partial charge in [0.25, 0.3) is 5.91 Å². The van der Waals surface area contributed by atoms with Gasteiger partial charge in [0.15, 0.2) is 5.76 Å². The van der Waals surface area contributed by atoms with Crippen LogP contribution < -0.4 is 4.74 Å². The molecule has 0 radical (unpaired) electrons. The molecule has 1 amide bonds. The molecule has 0 unspecified atom stereocenters. The molecular weight excluding hydrogens is 366 g/mol. The minimum atomic E-state index is -0.00380. The van der Waals surface area contributed by atoms with Gasteiger partial charge in [0.1, 0.15) is 11.5 Å². The fourth-order valence-electron chi connectivity index (χ4n) is 3.63. The molecule has 1 aliphatic heterocycles. The zero-order chi connectivity index (χ0) is 20.8. The van der Waals surface area contributed by atoms with Crippen LogP contribution in [0.3, 0.4) is 0 Å². The lowest BCUT2D eigenvalue weighted by atomic mass is 10.1. The van der Waals surface area contributed by atoms with Gasteiger partial charge in [-0.2, -0.15) is 0 Å². The van der Waals surface area contributed by atoms with Crippen molar-refractivity contribution in [3.63, 3.8) is 0 Å². The number of nitrogens with zero attached hydrogens (tertiary/aromatic N) is 3. The molecule has 158 valence electrons. The molecule has 0 atom stereocenters. The molecule has 1 aromatic carbocycles. The maximum absolute atomic E-state index is 12.8. The number of carbonyl (C=O) groups excluding carboxylic acids is 1. The first kappa shape index (κ1) is 21.4. The van der Waals surface area contributed by atoms with Crippen LogP contribution in [-0.4, -0.2) is 66.5 Å². The average Bonchev–Trinajstić information content (AvgIpc) is 3.21. The van der Waals surface area contributed by atoms with E-state index in [1.165, 1.54) is 5.56 Å². The second-order valence-electron chi connectivity index (χ2n) is 7.84. The number of benzene rings is 1. The molecule has 2 aromatic rings. The third-order valence-corrected chi connectivity index (χ3v) is 5.59. The highest BCUT2D eigenvalue weighted by atomic mass is 16.5. The summed E-state index contributed by atoms with van der Waals surface area (Å²) in [6.07, 6.45) is 0. The summed E-state index contributed by atoms with van der Waals surface area (Å²) in [5.74, 6) is 2.11. The van der Waals surface area contributed by atoms with Gasteiger partial charge in [-0.25, -0.2) is 0 Å². The van der Waals surface area contributed by atoms with Crippen molar-refractivity contribution in [2.24, 2.45) is 0 Å². The Kier molecular flexibility index (Phi) is 7.34. The van der Waals surface area contributed by atoms with Gasteiger partial charge in [-0.3, -0.25) is 9.69 Å². The number of piperazine rings is 1. The Morgan fingerprint density at radius 1 is 1.14 bits per heavy atom. The fraction of sp³-hybridized carbons (Fsp3) is 0.522. The van der Waals surface area contributed by atoms with Crippen LogP contribution in [0.5, 0.6) is 5.75 Å². The maximum Gasteiger partial charge on any atom is 0.289 e. The molecule has 0 aliphatic carbocycles. The topological polar surface area (TPSA) is 49.2 Å². The van der Waals surface area contributed by atoms with Crippen molar-refractivity contribution in [1.82, 2.24) is 14.7 Å². The highest BCUT2D eigenvalue weighted by molar-refractivity contribution is 5.91. The van der Waals surface area contributed by atoms with E-state index in [1.54, 1.807) is 7.11 Å². The van der Waals surface area contributed by atoms with Gasteiger partial charge < -0.3 is 19.0 Å². The van der Waals surface area contributed by atoms with Crippen molar-refractivity contribution in [2.45, 2.75) is 39.9 Å². The van der Waals surface area contributed by atoms with Crippen molar-refractivity contribution < 1.29 is 13.9 Å². The summed E-state index contributed by atoms with van der Waals surface area (Å²) in [6.45, 7) is 12.4. The quantitative estimate of drug-likeness (QED) is 0.680. The van der Waals surface area contributed by atoms with Crippen molar-refractivity contribution in [3.05, 3.63) is 53.5 Å². The summed E-state index contributed by atoms with van der Waals surface area (Å²) in [5.41, 5.74) is 1.19. The molecule has 0 saturated carbocycles. The fourth-order valence-corrected chi connectivity index (χ4v) is 3.63. The van der Waals surface area contributed by atoms with Gasteiger partial charge >= 0.3 is 0 Å². The molecule has 2 heterocycles. The van der Waals surface area contributed by atoms with Crippen LogP contribution in [0.15, 0.2) is 40.8 Å². The van der Waals surface area contributed by atoms with Gasteiger partial charge in [-0.1, -0.05) is 19.1 Å². The van der Waals surface area contributed by atoms with E-state index in [0.717, 1.165) is 50.8 Å². The average molecular weight is 400 g/mol. The number of ether oxygens (including phenoxy) is 1. The van der Waals surface area contributed by atoms with E-state index < -0.39 is 0 Å². The van der Waals surface area contributed by atoms with Crippen LogP contribution in [-0.2, 0) is 13.1 Å². The zero-order valence-corrected chi connectivity index (χ0v) is 18.1. The molecule has 1 aromatic heterocycles. The Morgan fingerprint density at radius 3 is 2.55 bits per heavy atom. The molecule has 6 nitrogen and oxygen atoms in total. The lowest BCUT2D eigenvalue weighted by molar-refractivity contribution is 0.0608. The number of methoxy groups -OCH3 is 1. The molecule has 1 saturated heterocycles. The molecule has 1 fully saturated rings. The normalized spacial score (nSPS) is 15.3. The van der Waals surface area contributed by atoms with Gasteiger partial charge in [-0.05, 0) is 50.2 Å². The summed E-state index contributed by atoms with van der Waals surface area (Å²) in [7, 11) is 1.68. The van der Waals surface area contributed by atoms with Crippen LogP contribution in [0.2, 0.25) is 0 Å². The predicted octanol–water partition coefficient (Wildman–Crippen LogP) is 3.48. The summed E-state index contributed by atoms with van der Waals surface area (Å²) in [6, 6.07) is 12.2. The second-order valence-corrected chi connectivity index (χ2v) is 7.84. The lowest BCUT2D eigenvalue weighted by Crippen LogP contribution is -2.48. The summed E-state index contributed by atoms with van der Waals surface area (Å²) < 4.78 is 11.3. The van der Waals surface area contributed by atoms with Crippen molar-refractivity contribution in [2.75, 3.05) is 39.8 Å². The van der Waals surface area contributed by atoms with Crippen LogP contribution in [0, 0.1) is 0 Å². The van der Waals surface area contributed by atoms with Crippen molar-refractivity contribution in [1.29, 1.82) is 0 Å². The molecule has 29 heavy (non-hydrogen) atoms. The summed E-state index contributed by atoms with van der Waals surface area (Å²) >= 11 is 0. The number of hydrogen-bond donors (Lipinski definition) is 0. The van der Waals surface area contributed by atoms with Crippen molar-refractivity contribution >= 4 is 5.91 Å². The lowest BCUT2D eigenvalue weighted by Gasteiger charge is -2.33. The molecule has 6 heteroatoms. The van der Waals surface area contributed by atoms with E-state index in [0.29, 0.717) is 18.3 Å². The van der Waals surface area contributed by atoms with E-state index in [4.69, 9.17) is 9.15 Å². The standard InChI is InChI=1S/C23H33N3O3/c1-5-24-11-13-25(14-12-24)23(27)22-10-9-21(29-22)17-26(18(2)3)16-19-7-6-8-20(15-19)28-4/h6-10,15,18H,5,11-14,16-17H2,1-4H3. The summed E-state index contributed by atoms with van der Waals surface area (Å²) in [4.78, 5) is 19.3. The molecular formula is C23H33N3O3. The molecule has 3 rings (SSSR count). The third kappa shape index (κ3) is 5.61. The number of rotatable bonds is 8. The van der Waals surface area contributed by atoms with E-state index in [9.17, 15) is 4.79 Å². The molecule has 0 spiro atoms. The molecule has 0 N–H and O–H groups in total. The largest absolute Gasteiger partial charge is 0.497 e. The zero-order valence-electron chi connectivity index (χ0n) is 18.1. The third-order valence-electron chi connectivity index (χ3n) is 5.59. The number of hydrogen-bond acceptors (Lipinski definition) is 5. The minimum absolute atomic E-state index is 0.00380. The van der Waals surface area contributed by atoms with E-state index in [1.807, 2.05) is 29.2 Å². The molecule has 0 bridgehead atoms. The first-order chi connectivity index (χ1) is 14.0.